The van der Waals surface area contributed by atoms with E-state index in [0.29, 0.717) is 11.1 Å². The second kappa shape index (κ2) is 9.78. The predicted octanol–water partition coefficient (Wildman–Crippen LogP) is 4.22. The molecule has 6 rings (SSSR count). The third-order valence-corrected chi connectivity index (χ3v) is 10.8. The fourth-order valence-corrected chi connectivity index (χ4v) is 8.43. The third kappa shape index (κ3) is 3.64. The molecular weight excluding hydrogens is 657 g/mol. The number of fused-ring (bicyclic) bond motifs is 4. The first-order chi connectivity index (χ1) is 19.9. The van der Waals surface area contributed by atoms with Gasteiger partial charge in [-0.1, -0.05) is 39.7 Å². The maximum atomic E-state index is 14.0. The number of benzene rings is 2. The summed E-state index contributed by atoms with van der Waals surface area (Å²) in [7, 11) is 1.36. The number of phenols is 1. The van der Waals surface area contributed by atoms with E-state index in [1.807, 2.05) is 0 Å². The number of carbonyl (C=O) groups excluding carboxylic acids is 4. The zero-order valence-electron chi connectivity index (χ0n) is 21.8. The van der Waals surface area contributed by atoms with Crippen LogP contribution in [0.25, 0.3) is 0 Å². The first-order valence-corrected chi connectivity index (χ1v) is 14.8. The van der Waals surface area contributed by atoms with Gasteiger partial charge in [-0.2, -0.15) is 0 Å². The van der Waals surface area contributed by atoms with Crippen molar-refractivity contribution in [2.45, 2.75) is 28.5 Å². The Labute approximate surface area is 257 Å². The van der Waals surface area contributed by atoms with Crippen LogP contribution in [0.3, 0.4) is 0 Å². The number of alkyl halides is 3. The van der Waals surface area contributed by atoms with Crippen molar-refractivity contribution in [1.29, 1.82) is 0 Å². The molecule has 2 aliphatic heterocycles. The molecule has 2 saturated heterocycles. The highest BCUT2D eigenvalue weighted by Crippen LogP contribution is 2.65. The monoisotopic (exact) mass is 677 g/mol. The molecule has 0 radical (unpaired) electrons. The van der Waals surface area contributed by atoms with E-state index in [1.165, 1.54) is 37.4 Å². The van der Waals surface area contributed by atoms with E-state index in [-0.39, 0.29) is 41.2 Å². The molecule has 2 aromatic rings. The Morgan fingerprint density at radius 3 is 2.50 bits per heavy atom. The number of phenolic OH excluding ortho intramolecular Hbond substituents is 1. The fourth-order valence-electron chi connectivity index (χ4n) is 7.00. The number of likely N-dealkylation sites (tertiary alicyclic amines) is 1. The maximum Gasteiger partial charge on any atom is 0.271 e. The number of halogens is 3. The number of anilines is 1. The van der Waals surface area contributed by atoms with E-state index in [9.17, 15) is 34.4 Å². The minimum Gasteiger partial charge on any atom is -0.504 e. The molecule has 0 spiro atoms. The molecule has 42 heavy (non-hydrogen) atoms. The summed E-state index contributed by atoms with van der Waals surface area (Å²) in [6.45, 7) is 0. The zero-order valence-corrected chi connectivity index (χ0v) is 24.9. The first-order valence-electron chi connectivity index (χ1n) is 12.9. The third-order valence-electron chi connectivity index (χ3n) is 8.85. The van der Waals surface area contributed by atoms with Crippen molar-refractivity contribution in [2.24, 2.45) is 17.8 Å². The number of ether oxygens (including phenoxy) is 1. The largest absolute Gasteiger partial charge is 0.504 e. The van der Waals surface area contributed by atoms with Crippen molar-refractivity contribution in [3.05, 3.63) is 69.8 Å². The second-order valence-corrected chi connectivity index (χ2v) is 12.4. The summed E-state index contributed by atoms with van der Waals surface area (Å²) < 4.78 is 5.29. The molecule has 2 aromatic carbocycles. The molecule has 6 atom stereocenters. The number of nitro benzene ring substituents is 1. The van der Waals surface area contributed by atoms with Crippen LogP contribution in [-0.4, -0.2) is 60.9 Å². The quantitative estimate of drug-likeness (QED) is 0.123. The average molecular weight is 679 g/mol. The lowest BCUT2D eigenvalue weighted by atomic mass is 9.56. The maximum absolute atomic E-state index is 14.0. The highest BCUT2D eigenvalue weighted by Gasteiger charge is 2.76. The van der Waals surface area contributed by atoms with Gasteiger partial charge in [-0.25, -0.2) is 4.90 Å². The molecule has 1 N–H and O–H groups in total. The van der Waals surface area contributed by atoms with Crippen LogP contribution < -0.4 is 9.64 Å². The summed E-state index contributed by atoms with van der Waals surface area (Å²) in [5.41, 5.74) is 0.610. The molecule has 2 heterocycles. The van der Waals surface area contributed by atoms with Crippen LogP contribution in [-0.2, 0) is 19.2 Å². The predicted molar refractivity (Wildman–Crippen MR) is 154 cm³/mol. The van der Waals surface area contributed by atoms with Crippen LogP contribution in [0.2, 0.25) is 0 Å². The molecule has 2 aliphatic carbocycles. The summed E-state index contributed by atoms with van der Waals surface area (Å²) in [4.78, 5) is 63.8. The molecular formula is C28H22BrCl2N3O8. The van der Waals surface area contributed by atoms with Crippen molar-refractivity contribution < 1.29 is 33.9 Å². The molecule has 218 valence electrons. The molecule has 0 aromatic heterocycles. The summed E-state index contributed by atoms with van der Waals surface area (Å²) in [6.07, 6.45) is 1.70. The van der Waals surface area contributed by atoms with Gasteiger partial charge in [0.15, 0.2) is 21.2 Å². The number of rotatable bonds is 5. The normalized spacial score (nSPS) is 32.0. The van der Waals surface area contributed by atoms with E-state index < -0.39 is 62.0 Å². The van der Waals surface area contributed by atoms with E-state index >= 15 is 0 Å². The molecule has 3 fully saturated rings. The van der Waals surface area contributed by atoms with Crippen LogP contribution in [0.4, 0.5) is 11.4 Å². The topological polar surface area (TPSA) is 147 Å². The summed E-state index contributed by atoms with van der Waals surface area (Å²) >= 11 is 17.5. The number of hydrogen-bond donors (Lipinski definition) is 1. The highest BCUT2D eigenvalue weighted by atomic mass is 79.9. The SMILES string of the molecule is COc1cc(C2C3=CCC4C(=O)N(c5cccc([N+](=O)[O-])c5)C(=O)C4C3CC3(Cl)C(=O)N(CBr)C(=O)C23Cl)ccc1O. The number of carbonyl (C=O) groups is 4. The van der Waals surface area contributed by atoms with Crippen LogP contribution in [0.15, 0.2) is 54.1 Å². The van der Waals surface area contributed by atoms with E-state index in [4.69, 9.17) is 27.9 Å². The number of nitro groups is 1. The fraction of sp³-hybridized carbons (Fsp3) is 0.357. The number of non-ortho nitro benzene ring substituents is 1. The first kappa shape index (κ1) is 28.6. The average Bonchev–Trinajstić information content (AvgIpc) is 3.31. The van der Waals surface area contributed by atoms with Crippen LogP contribution in [0.1, 0.15) is 24.3 Å². The standard InChI is InChI=1S/C28H22BrCl2N3O8/c1-42-20-9-13(5-8-19(20)35)22-16-6-7-17-21(18(16)11-27(30)25(38)32(12-29)26(39)28(22,27)31)24(37)33(23(17)36)14-3-2-4-15(10-14)34(40)41/h2-6,8-10,17-18,21-22,35H,7,11-12H2,1H3. The van der Waals surface area contributed by atoms with Gasteiger partial charge in [-0.3, -0.25) is 34.2 Å². The number of allylic oxidation sites excluding steroid dienone is 2. The van der Waals surface area contributed by atoms with Crippen LogP contribution >= 0.6 is 39.1 Å². The van der Waals surface area contributed by atoms with E-state index in [1.54, 1.807) is 12.1 Å². The van der Waals surface area contributed by atoms with Crippen LogP contribution in [0.5, 0.6) is 11.5 Å². The summed E-state index contributed by atoms with van der Waals surface area (Å²) in [5.74, 6) is -6.19. The summed E-state index contributed by atoms with van der Waals surface area (Å²) in [5, 5.41) is 21.6. The highest BCUT2D eigenvalue weighted by molar-refractivity contribution is 9.09. The Morgan fingerprint density at radius 1 is 1.10 bits per heavy atom. The number of nitrogens with zero attached hydrogens (tertiary/aromatic N) is 3. The van der Waals surface area contributed by atoms with Crippen molar-refractivity contribution >= 4 is 74.1 Å². The van der Waals surface area contributed by atoms with Crippen LogP contribution in [0, 0.1) is 27.9 Å². The van der Waals surface area contributed by atoms with Gasteiger partial charge >= 0.3 is 0 Å². The number of amides is 4. The van der Waals surface area contributed by atoms with Crippen molar-refractivity contribution in [3.63, 3.8) is 0 Å². The minimum absolute atomic E-state index is 0.0654. The van der Waals surface area contributed by atoms with Gasteiger partial charge in [0.05, 0.1) is 35.0 Å². The Balaban J connectivity index is 1.51. The Morgan fingerprint density at radius 2 is 1.83 bits per heavy atom. The zero-order chi connectivity index (χ0) is 30.3. The number of imide groups is 2. The van der Waals surface area contributed by atoms with Gasteiger partial charge in [-0.05, 0) is 42.5 Å². The van der Waals surface area contributed by atoms with E-state index in [2.05, 4.69) is 15.9 Å². The number of aromatic hydroxyl groups is 1. The molecule has 4 amide bonds. The summed E-state index contributed by atoms with van der Waals surface area (Å²) in [6, 6.07) is 9.68. The lowest BCUT2D eigenvalue weighted by molar-refractivity contribution is -0.384. The molecule has 1 saturated carbocycles. The van der Waals surface area contributed by atoms with Gasteiger partial charge in [0.2, 0.25) is 11.8 Å². The van der Waals surface area contributed by atoms with Gasteiger partial charge in [0.25, 0.3) is 17.5 Å². The Bertz CT molecular complexity index is 1630. The van der Waals surface area contributed by atoms with E-state index in [0.717, 1.165) is 15.9 Å². The van der Waals surface area contributed by atoms with Crippen molar-refractivity contribution in [2.75, 3.05) is 17.5 Å². The van der Waals surface area contributed by atoms with Gasteiger partial charge in [-0.15, -0.1) is 23.2 Å². The smallest absolute Gasteiger partial charge is 0.271 e. The number of hydrogen-bond acceptors (Lipinski definition) is 8. The number of methoxy groups -OCH3 is 1. The molecule has 14 heteroatoms. The Hall–Kier alpha value is -3.48. The van der Waals surface area contributed by atoms with Gasteiger partial charge in [0.1, 0.15) is 0 Å². The van der Waals surface area contributed by atoms with Gasteiger partial charge < -0.3 is 9.84 Å². The lowest BCUT2D eigenvalue weighted by Crippen LogP contribution is -2.60. The minimum atomic E-state index is -2.00. The lowest BCUT2D eigenvalue weighted by Gasteiger charge is -2.50. The van der Waals surface area contributed by atoms with Crippen molar-refractivity contribution in [3.8, 4) is 11.5 Å². The molecule has 6 unspecified atom stereocenters. The molecule has 0 bridgehead atoms. The Kier molecular flexibility index (Phi) is 6.67. The van der Waals surface area contributed by atoms with Crippen molar-refractivity contribution in [1.82, 2.24) is 4.90 Å². The molecule has 11 nitrogen and oxygen atoms in total. The second-order valence-electron chi connectivity index (χ2n) is 10.7. The van der Waals surface area contributed by atoms with Gasteiger partial charge in [0, 0.05) is 18.1 Å². The molecule has 4 aliphatic rings.